The molecule has 1 N–H and O–H groups in total. The Hall–Kier alpha value is -2.42. The highest BCUT2D eigenvalue weighted by atomic mass is 32.1. The van der Waals surface area contributed by atoms with Crippen LogP contribution in [0.25, 0.3) is 15.9 Å². The SMILES string of the molecule is COc1ccc(-n2sc3ncc(N([O-])O)cc3c2=O)cc1. The number of methoxy groups -OCH3 is 1. The van der Waals surface area contributed by atoms with Gasteiger partial charge in [0.25, 0.3) is 5.56 Å². The molecule has 0 aliphatic rings. The summed E-state index contributed by atoms with van der Waals surface area (Å²) in [6.07, 6.45) is 1.21. The van der Waals surface area contributed by atoms with E-state index in [1.807, 2.05) is 0 Å². The van der Waals surface area contributed by atoms with Crippen molar-refractivity contribution >= 4 is 27.4 Å². The molecule has 0 amide bonds. The second kappa shape index (κ2) is 5.17. The molecule has 0 unspecified atom stereocenters. The van der Waals surface area contributed by atoms with E-state index in [0.717, 1.165) is 11.5 Å². The maximum atomic E-state index is 12.4. The van der Waals surface area contributed by atoms with Gasteiger partial charge in [-0.3, -0.25) is 10.0 Å². The lowest BCUT2D eigenvalue weighted by Gasteiger charge is -2.20. The largest absolute Gasteiger partial charge is 0.733 e. The maximum absolute atomic E-state index is 12.4. The van der Waals surface area contributed by atoms with E-state index in [0.29, 0.717) is 16.3 Å². The van der Waals surface area contributed by atoms with Crippen LogP contribution in [-0.4, -0.2) is 21.3 Å². The number of hydrogen-bond acceptors (Lipinski definition) is 7. The number of ether oxygens (including phenoxy) is 1. The van der Waals surface area contributed by atoms with Crippen LogP contribution in [0.4, 0.5) is 5.69 Å². The molecule has 0 saturated heterocycles. The molecule has 0 spiro atoms. The molecular formula is C13H10N3O4S-. The number of hydrogen-bond donors (Lipinski definition) is 1. The second-order valence-electron chi connectivity index (χ2n) is 4.21. The Morgan fingerprint density at radius 3 is 2.71 bits per heavy atom. The molecule has 0 fully saturated rings. The van der Waals surface area contributed by atoms with E-state index in [1.165, 1.54) is 16.2 Å². The predicted octanol–water partition coefficient (Wildman–Crippen LogP) is 2.15. The first-order chi connectivity index (χ1) is 10.1. The third-order valence-corrected chi connectivity index (χ3v) is 4.01. The van der Waals surface area contributed by atoms with E-state index >= 15 is 0 Å². The van der Waals surface area contributed by atoms with Gasteiger partial charge in [-0.25, -0.2) is 8.94 Å². The fourth-order valence-corrected chi connectivity index (χ4v) is 2.82. The first-order valence-corrected chi connectivity index (χ1v) is 6.70. The van der Waals surface area contributed by atoms with E-state index < -0.39 is 0 Å². The minimum atomic E-state index is -0.318. The molecule has 3 aromatic rings. The smallest absolute Gasteiger partial charge is 0.274 e. The number of nitrogens with zero attached hydrogens (tertiary/aromatic N) is 3. The average Bonchev–Trinajstić information content (AvgIpc) is 2.84. The van der Waals surface area contributed by atoms with Crippen molar-refractivity contribution in [1.82, 2.24) is 8.94 Å². The van der Waals surface area contributed by atoms with Gasteiger partial charge in [-0.1, -0.05) is 0 Å². The minimum Gasteiger partial charge on any atom is -0.733 e. The van der Waals surface area contributed by atoms with Crippen molar-refractivity contribution < 1.29 is 9.94 Å². The van der Waals surface area contributed by atoms with E-state index in [4.69, 9.17) is 9.94 Å². The number of pyridine rings is 1. The van der Waals surface area contributed by atoms with Crippen LogP contribution in [0.1, 0.15) is 0 Å². The molecule has 108 valence electrons. The molecule has 0 aliphatic carbocycles. The Labute approximate surface area is 122 Å². The summed E-state index contributed by atoms with van der Waals surface area (Å²) in [6.45, 7) is 0. The van der Waals surface area contributed by atoms with Crippen LogP contribution in [0, 0.1) is 5.21 Å². The molecule has 0 saturated carbocycles. The second-order valence-corrected chi connectivity index (χ2v) is 5.14. The standard InChI is InChI=1S/C13H10N3O4S/c1-20-10-4-2-8(3-5-10)15-13(17)11-6-9(16(18)19)7-14-12(11)21-15/h2-7,18H,1H3/q-1. The Kier molecular flexibility index (Phi) is 3.34. The Balaban J connectivity index is 2.14. The van der Waals surface area contributed by atoms with Gasteiger partial charge in [0.2, 0.25) is 0 Å². The van der Waals surface area contributed by atoms with Gasteiger partial charge in [0.15, 0.2) is 0 Å². The van der Waals surface area contributed by atoms with Gasteiger partial charge in [-0.05, 0) is 41.9 Å². The van der Waals surface area contributed by atoms with Crippen LogP contribution >= 0.6 is 11.5 Å². The quantitative estimate of drug-likeness (QED) is 0.746. The number of rotatable bonds is 3. The third kappa shape index (κ3) is 2.35. The number of aromatic nitrogens is 2. The van der Waals surface area contributed by atoms with Crippen LogP contribution in [0.3, 0.4) is 0 Å². The molecular weight excluding hydrogens is 294 g/mol. The molecule has 21 heavy (non-hydrogen) atoms. The molecule has 2 aromatic heterocycles. The van der Waals surface area contributed by atoms with Crippen molar-refractivity contribution in [3.63, 3.8) is 0 Å². The summed E-state index contributed by atoms with van der Waals surface area (Å²) >= 11 is 1.16. The van der Waals surface area contributed by atoms with Gasteiger partial charge in [-0.2, -0.15) is 0 Å². The first kappa shape index (κ1) is 13.6. The first-order valence-electron chi connectivity index (χ1n) is 5.93. The van der Waals surface area contributed by atoms with Gasteiger partial charge in [0.05, 0.1) is 30.1 Å². The summed E-state index contributed by atoms with van der Waals surface area (Å²) < 4.78 is 6.54. The summed E-state index contributed by atoms with van der Waals surface area (Å²) in [5.74, 6) is 0.690. The Bertz CT molecular complexity index is 839. The zero-order chi connectivity index (χ0) is 15.0. The van der Waals surface area contributed by atoms with Gasteiger partial charge in [0, 0.05) is 0 Å². The summed E-state index contributed by atoms with van der Waals surface area (Å²) in [6, 6.07) is 8.31. The zero-order valence-corrected chi connectivity index (χ0v) is 11.7. The Morgan fingerprint density at radius 2 is 2.10 bits per heavy atom. The van der Waals surface area contributed by atoms with Crippen molar-refractivity contribution in [3.8, 4) is 11.4 Å². The molecule has 2 heterocycles. The average molecular weight is 304 g/mol. The van der Waals surface area contributed by atoms with Crippen molar-refractivity contribution in [1.29, 1.82) is 0 Å². The molecule has 7 nitrogen and oxygen atoms in total. The van der Waals surface area contributed by atoms with Crippen molar-refractivity contribution in [2.24, 2.45) is 0 Å². The molecule has 1 aromatic carbocycles. The van der Waals surface area contributed by atoms with E-state index in [9.17, 15) is 10.0 Å². The van der Waals surface area contributed by atoms with Crippen LogP contribution in [0.2, 0.25) is 0 Å². The highest BCUT2D eigenvalue weighted by Gasteiger charge is 2.11. The van der Waals surface area contributed by atoms with Gasteiger partial charge in [0.1, 0.15) is 10.6 Å². The molecule has 0 aliphatic heterocycles. The van der Waals surface area contributed by atoms with Gasteiger partial charge < -0.3 is 15.2 Å². The van der Waals surface area contributed by atoms with Crippen molar-refractivity contribution in [2.45, 2.75) is 0 Å². The summed E-state index contributed by atoms with van der Waals surface area (Å²) in [5, 5.41) is 19.7. The lowest BCUT2D eigenvalue weighted by Crippen LogP contribution is -2.12. The fraction of sp³-hybridized carbons (Fsp3) is 0.0769. The highest BCUT2D eigenvalue weighted by Crippen LogP contribution is 2.23. The lowest BCUT2D eigenvalue weighted by molar-refractivity contribution is 0.296. The Morgan fingerprint density at radius 1 is 1.38 bits per heavy atom. The van der Waals surface area contributed by atoms with Crippen LogP contribution in [-0.2, 0) is 0 Å². The topological polar surface area (TPSA) is 90.7 Å². The van der Waals surface area contributed by atoms with Gasteiger partial charge >= 0.3 is 0 Å². The maximum Gasteiger partial charge on any atom is 0.274 e. The normalized spacial score (nSPS) is 10.8. The highest BCUT2D eigenvalue weighted by molar-refractivity contribution is 7.13. The third-order valence-electron chi connectivity index (χ3n) is 2.96. The van der Waals surface area contributed by atoms with E-state index in [2.05, 4.69) is 4.98 Å². The number of fused-ring (bicyclic) bond motifs is 1. The summed E-state index contributed by atoms with van der Waals surface area (Å²) in [5.41, 5.74) is 0.295. The van der Waals surface area contributed by atoms with Crippen LogP contribution in [0.15, 0.2) is 41.3 Å². The summed E-state index contributed by atoms with van der Waals surface area (Å²) in [4.78, 5) is 16.9. The number of benzene rings is 1. The fourth-order valence-electron chi connectivity index (χ4n) is 1.90. The zero-order valence-electron chi connectivity index (χ0n) is 10.9. The molecule has 0 atom stereocenters. The lowest BCUT2D eigenvalue weighted by atomic mass is 10.3. The van der Waals surface area contributed by atoms with E-state index in [-0.39, 0.29) is 21.9 Å². The van der Waals surface area contributed by atoms with E-state index in [1.54, 1.807) is 31.4 Å². The molecule has 0 radical (unpaired) electrons. The summed E-state index contributed by atoms with van der Waals surface area (Å²) in [7, 11) is 1.57. The number of anilines is 1. The molecule has 8 heteroatoms. The van der Waals surface area contributed by atoms with Crippen molar-refractivity contribution in [2.75, 3.05) is 12.3 Å². The van der Waals surface area contributed by atoms with Crippen LogP contribution in [0.5, 0.6) is 5.75 Å². The molecule has 3 rings (SSSR count). The van der Waals surface area contributed by atoms with Crippen molar-refractivity contribution in [3.05, 3.63) is 52.1 Å². The monoisotopic (exact) mass is 304 g/mol. The van der Waals surface area contributed by atoms with Crippen LogP contribution < -0.4 is 15.5 Å². The minimum absolute atomic E-state index is 0.0840. The predicted molar refractivity (Wildman–Crippen MR) is 79.4 cm³/mol. The van der Waals surface area contributed by atoms with Gasteiger partial charge in [-0.15, -0.1) is 0 Å². The molecule has 0 bridgehead atoms.